The van der Waals surface area contributed by atoms with Gasteiger partial charge >= 0.3 is 0 Å². The first kappa shape index (κ1) is 10.2. The van der Waals surface area contributed by atoms with Gasteiger partial charge in [-0.3, -0.25) is 0 Å². The van der Waals surface area contributed by atoms with Gasteiger partial charge in [-0.05, 0) is 30.6 Å². The van der Waals surface area contributed by atoms with E-state index in [-0.39, 0.29) is 5.60 Å². The Morgan fingerprint density at radius 2 is 2.00 bits per heavy atom. The van der Waals surface area contributed by atoms with Gasteiger partial charge in [0.2, 0.25) is 0 Å². The molecule has 1 aromatic carbocycles. The zero-order valence-electron chi connectivity index (χ0n) is 9.29. The molecule has 0 aromatic heterocycles. The smallest absolute Gasteiger partial charge is 0.116 e. The van der Waals surface area contributed by atoms with Crippen molar-refractivity contribution in [1.29, 1.82) is 0 Å². The van der Waals surface area contributed by atoms with Gasteiger partial charge in [-0.25, -0.2) is 0 Å². The molecule has 1 aromatic rings. The summed E-state index contributed by atoms with van der Waals surface area (Å²) in [5, 5.41) is 0. The summed E-state index contributed by atoms with van der Waals surface area (Å²) in [5.41, 5.74) is 3.36. The van der Waals surface area contributed by atoms with Gasteiger partial charge in [0.15, 0.2) is 0 Å². The third-order valence-electron chi connectivity index (χ3n) is 3.08. The molecule has 2 rings (SSSR count). The normalized spacial score (nSPS) is 25.7. The van der Waals surface area contributed by atoms with Gasteiger partial charge in [0, 0.05) is 0 Å². The van der Waals surface area contributed by atoms with Gasteiger partial charge in [0.05, 0.1) is 6.61 Å². The quantitative estimate of drug-likeness (QED) is 0.710. The van der Waals surface area contributed by atoms with Crippen molar-refractivity contribution >= 4 is 0 Å². The number of hydrogen-bond donors (Lipinski definition) is 0. The highest BCUT2D eigenvalue weighted by Crippen LogP contribution is 2.40. The Bertz CT molecular complexity index is 403. The fourth-order valence-electron chi connectivity index (χ4n) is 2.18. The molecule has 0 amide bonds. The van der Waals surface area contributed by atoms with E-state index in [9.17, 15) is 0 Å². The van der Waals surface area contributed by atoms with E-state index in [0.29, 0.717) is 6.61 Å². The molecule has 0 bridgehead atoms. The Kier molecular flexibility index (Phi) is 2.49. The Morgan fingerprint density at radius 3 is 2.60 bits per heavy atom. The monoisotopic (exact) mass is 200 g/mol. The molecule has 0 fully saturated rings. The van der Waals surface area contributed by atoms with Crippen molar-refractivity contribution in [2.45, 2.75) is 19.4 Å². The van der Waals surface area contributed by atoms with Gasteiger partial charge in [-0.15, -0.1) is 0 Å². The van der Waals surface area contributed by atoms with Gasteiger partial charge in [0.1, 0.15) is 5.60 Å². The second-order valence-corrected chi connectivity index (χ2v) is 4.09. The van der Waals surface area contributed by atoms with Crippen molar-refractivity contribution in [3.8, 4) is 0 Å². The molecule has 1 atom stereocenters. The summed E-state index contributed by atoms with van der Waals surface area (Å²) in [5.74, 6) is 0. The lowest BCUT2D eigenvalue weighted by Gasteiger charge is -2.26. The van der Waals surface area contributed by atoms with Crippen molar-refractivity contribution in [3.05, 3.63) is 59.7 Å². The van der Waals surface area contributed by atoms with Crippen LogP contribution in [-0.4, -0.2) is 6.61 Å². The zero-order chi connectivity index (χ0) is 10.9. The molecular weight excluding hydrogens is 184 g/mol. The maximum atomic E-state index is 5.90. The minimum atomic E-state index is -0.312. The highest BCUT2D eigenvalue weighted by Gasteiger charge is 2.36. The minimum absolute atomic E-state index is 0.312. The molecule has 0 aliphatic carbocycles. The van der Waals surface area contributed by atoms with Crippen molar-refractivity contribution in [3.63, 3.8) is 0 Å². The lowest BCUT2D eigenvalue weighted by atomic mass is 9.87. The maximum Gasteiger partial charge on any atom is 0.116 e. The molecule has 0 radical (unpaired) electrons. The average molecular weight is 200 g/mol. The van der Waals surface area contributed by atoms with Crippen molar-refractivity contribution in [1.82, 2.24) is 0 Å². The molecule has 1 aliphatic rings. The van der Waals surface area contributed by atoms with Gasteiger partial charge in [0.25, 0.3) is 0 Å². The van der Waals surface area contributed by atoms with Gasteiger partial charge < -0.3 is 4.74 Å². The molecular formula is C14H16O. The van der Waals surface area contributed by atoms with Crippen LogP contribution < -0.4 is 0 Å². The summed E-state index contributed by atoms with van der Waals surface area (Å²) in [4.78, 5) is 0. The van der Waals surface area contributed by atoms with Gasteiger partial charge in [-0.2, -0.15) is 0 Å². The van der Waals surface area contributed by atoms with Crippen LogP contribution in [0.3, 0.4) is 0 Å². The van der Waals surface area contributed by atoms with E-state index in [2.05, 4.69) is 32.6 Å². The Hall–Kier alpha value is -1.34. The van der Waals surface area contributed by atoms with Crippen LogP contribution in [0.2, 0.25) is 0 Å². The third kappa shape index (κ3) is 1.53. The molecule has 15 heavy (non-hydrogen) atoms. The van der Waals surface area contributed by atoms with E-state index >= 15 is 0 Å². The van der Waals surface area contributed by atoms with Crippen molar-refractivity contribution in [2.75, 3.05) is 6.61 Å². The van der Waals surface area contributed by atoms with Crippen LogP contribution in [0.1, 0.15) is 19.4 Å². The molecule has 1 heteroatoms. The fraction of sp³-hybridized carbons (Fsp3) is 0.286. The summed E-state index contributed by atoms with van der Waals surface area (Å²) in [6.45, 7) is 8.79. The van der Waals surface area contributed by atoms with Crippen LogP contribution in [0.4, 0.5) is 0 Å². The number of rotatable bonds is 2. The number of hydrogen-bond acceptors (Lipinski definition) is 1. The second kappa shape index (κ2) is 3.67. The van der Waals surface area contributed by atoms with Gasteiger partial charge in [-0.1, -0.05) is 43.0 Å². The summed E-state index contributed by atoms with van der Waals surface area (Å²) >= 11 is 0. The summed E-state index contributed by atoms with van der Waals surface area (Å²) in [6.07, 6.45) is 1.91. The fourth-order valence-corrected chi connectivity index (χ4v) is 2.18. The molecule has 1 aliphatic heterocycles. The first-order valence-corrected chi connectivity index (χ1v) is 5.20. The van der Waals surface area contributed by atoms with Crippen LogP contribution >= 0.6 is 0 Å². The van der Waals surface area contributed by atoms with E-state index in [0.717, 1.165) is 0 Å². The molecule has 0 saturated heterocycles. The summed E-state index contributed by atoms with van der Waals surface area (Å²) < 4.78 is 5.90. The molecule has 0 spiro atoms. The summed E-state index contributed by atoms with van der Waals surface area (Å²) in [6, 6.07) is 10.3. The summed E-state index contributed by atoms with van der Waals surface area (Å²) in [7, 11) is 0. The van der Waals surface area contributed by atoms with E-state index < -0.39 is 0 Å². The SMILES string of the molecule is C=CC1=C(C)COC1(C)c1ccccc1. The largest absolute Gasteiger partial charge is 0.361 e. The molecule has 0 saturated carbocycles. The molecule has 78 valence electrons. The van der Waals surface area contributed by atoms with E-state index in [4.69, 9.17) is 4.74 Å². The maximum absolute atomic E-state index is 5.90. The molecule has 1 nitrogen and oxygen atoms in total. The lowest BCUT2D eigenvalue weighted by Crippen LogP contribution is -2.23. The Labute approximate surface area is 91.1 Å². The standard InChI is InChI=1S/C14H16O/c1-4-13-11(2)10-15-14(13,3)12-8-6-5-7-9-12/h4-9H,1,10H2,2-3H3. The van der Waals surface area contributed by atoms with Crippen molar-refractivity contribution < 1.29 is 4.74 Å². The Morgan fingerprint density at radius 1 is 1.33 bits per heavy atom. The van der Waals surface area contributed by atoms with E-state index in [1.165, 1.54) is 16.7 Å². The Balaban J connectivity index is 2.49. The highest BCUT2D eigenvalue weighted by atomic mass is 16.5. The van der Waals surface area contributed by atoms with Crippen molar-refractivity contribution in [2.24, 2.45) is 0 Å². The third-order valence-corrected chi connectivity index (χ3v) is 3.08. The first-order valence-electron chi connectivity index (χ1n) is 5.20. The van der Waals surface area contributed by atoms with E-state index in [1.807, 2.05) is 24.3 Å². The average Bonchev–Trinajstić information content (AvgIpc) is 2.57. The second-order valence-electron chi connectivity index (χ2n) is 4.09. The predicted octanol–water partition coefficient (Wildman–Crippen LogP) is 3.43. The molecule has 0 N–H and O–H groups in total. The number of benzene rings is 1. The molecule has 1 heterocycles. The minimum Gasteiger partial charge on any atom is -0.361 e. The van der Waals surface area contributed by atoms with Crippen LogP contribution in [0.25, 0.3) is 0 Å². The topological polar surface area (TPSA) is 9.23 Å². The van der Waals surface area contributed by atoms with Crippen LogP contribution in [0.5, 0.6) is 0 Å². The highest BCUT2D eigenvalue weighted by molar-refractivity contribution is 5.42. The van der Waals surface area contributed by atoms with Crippen LogP contribution in [-0.2, 0) is 10.3 Å². The lowest BCUT2D eigenvalue weighted by molar-refractivity contribution is 0.0319. The van der Waals surface area contributed by atoms with Crippen LogP contribution in [0.15, 0.2) is 54.1 Å². The predicted molar refractivity (Wildman–Crippen MR) is 62.6 cm³/mol. The molecule has 1 unspecified atom stereocenters. The van der Waals surface area contributed by atoms with E-state index in [1.54, 1.807) is 0 Å². The van der Waals surface area contributed by atoms with Crippen LogP contribution in [0, 0.1) is 0 Å². The first-order chi connectivity index (χ1) is 7.18. The number of ether oxygens (including phenoxy) is 1. The zero-order valence-corrected chi connectivity index (χ0v) is 9.29.